The van der Waals surface area contributed by atoms with Crippen LogP contribution in [-0.2, 0) is 15.8 Å². The molecule has 2 aliphatic rings. The summed E-state index contributed by atoms with van der Waals surface area (Å²) in [5.41, 5.74) is 2.06. The van der Waals surface area contributed by atoms with Gasteiger partial charge >= 0.3 is 5.56 Å². The van der Waals surface area contributed by atoms with E-state index in [4.69, 9.17) is 20.9 Å². The average Bonchev–Trinajstić information content (AvgIpc) is 3.55. The Balaban J connectivity index is 1.19. The third-order valence-electron chi connectivity index (χ3n) is 7.66. The molecule has 0 spiro atoms. The Morgan fingerprint density at radius 2 is 1.83 bits per heavy atom. The van der Waals surface area contributed by atoms with Crippen molar-refractivity contribution in [1.82, 2.24) is 24.2 Å². The fourth-order valence-corrected chi connectivity index (χ4v) is 6.59. The number of aryl methyl sites for hydroxylation is 1. The Morgan fingerprint density at radius 3 is 2.52 bits per heavy atom. The fourth-order valence-electron chi connectivity index (χ4n) is 4.90. The maximum absolute atomic E-state index is 13.6. The topological polar surface area (TPSA) is 124 Å². The number of piperazine rings is 1. The summed E-state index contributed by atoms with van der Waals surface area (Å²) in [7, 11) is -3.61. The molecule has 0 amide bonds. The van der Waals surface area contributed by atoms with Gasteiger partial charge in [-0.25, -0.2) is 8.42 Å². The molecule has 0 bridgehead atoms. The summed E-state index contributed by atoms with van der Waals surface area (Å²) in [6, 6.07) is 14.0. The van der Waals surface area contributed by atoms with Gasteiger partial charge in [0.05, 0.1) is 24.2 Å². The molecule has 0 radical (unpaired) electrons. The molecule has 1 aliphatic carbocycles. The molecule has 0 atom stereocenters. The molecular formula is C29H31ClN6O5S. The SMILES string of the molecule is Cc1noc(-c2cccc(CS(=O)(=O)N3CCN(c4cnn(-c5cccc(Cl)c5)c(=O)c4OCC4(C)CC4)CC3)c2)n1. The first-order valence-electron chi connectivity index (χ1n) is 13.7. The monoisotopic (exact) mass is 610 g/mol. The van der Waals surface area contributed by atoms with Gasteiger partial charge < -0.3 is 14.2 Å². The Morgan fingerprint density at radius 1 is 1.07 bits per heavy atom. The van der Waals surface area contributed by atoms with Crippen LogP contribution < -0.4 is 15.2 Å². The molecule has 1 saturated carbocycles. The number of rotatable bonds is 9. The van der Waals surface area contributed by atoms with Gasteiger partial charge in [0.15, 0.2) is 5.82 Å². The van der Waals surface area contributed by atoms with Gasteiger partial charge in [-0.15, -0.1) is 0 Å². The third-order valence-corrected chi connectivity index (χ3v) is 9.74. The zero-order valence-electron chi connectivity index (χ0n) is 23.4. The van der Waals surface area contributed by atoms with Gasteiger partial charge in [-0.05, 0) is 55.7 Å². The third kappa shape index (κ3) is 6.06. The quantitative estimate of drug-likeness (QED) is 0.276. The van der Waals surface area contributed by atoms with Crippen molar-refractivity contribution in [3.05, 3.63) is 81.5 Å². The summed E-state index contributed by atoms with van der Waals surface area (Å²) < 4.78 is 40.9. The van der Waals surface area contributed by atoms with Crippen LogP contribution in [0.25, 0.3) is 17.1 Å². The Labute approximate surface area is 248 Å². The summed E-state index contributed by atoms with van der Waals surface area (Å²) in [5, 5.41) is 8.72. The van der Waals surface area contributed by atoms with E-state index in [-0.39, 0.29) is 35.6 Å². The number of halogens is 1. The molecular weight excluding hydrogens is 580 g/mol. The second-order valence-corrected chi connectivity index (χ2v) is 13.5. The summed E-state index contributed by atoms with van der Waals surface area (Å²) in [5.74, 6) is 0.911. The molecule has 4 aromatic rings. The molecule has 220 valence electrons. The van der Waals surface area contributed by atoms with E-state index in [1.807, 2.05) is 4.90 Å². The van der Waals surface area contributed by atoms with Crippen LogP contribution in [-0.4, -0.2) is 65.4 Å². The number of aromatic nitrogens is 4. The van der Waals surface area contributed by atoms with Crippen LogP contribution in [0.1, 0.15) is 31.2 Å². The normalized spacial score (nSPS) is 16.9. The van der Waals surface area contributed by atoms with Crippen molar-refractivity contribution < 1.29 is 17.7 Å². The Hall–Kier alpha value is -3.74. The standard InChI is InChI=1S/C29H31ClN6O5S/c1-20-32-27(41-33-20)22-6-3-5-21(15-22)18-42(38,39)35-13-11-34(12-14-35)25-17-31-36(24-8-4-7-23(30)16-24)28(37)26(25)40-19-29(2)9-10-29/h3-8,15-17H,9-14,18-19H2,1-2H3. The van der Waals surface area contributed by atoms with E-state index in [1.54, 1.807) is 61.7 Å². The first-order chi connectivity index (χ1) is 20.1. The minimum atomic E-state index is -3.61. The van der Waals surface area contributed by atoms with Crippen LogP contribution >= 0.6 is 11.6 Å². The molecule has 11 nitrogen and oxygen atoms in total. The smallest absolute Gasteiger partial charge is 0.316 e. The summed E-state index contributed by atoms with van der Waals surface area (Å²) in [6.45, 7) is 5.58. The Bertz CT molecular complexity index is 1780. The first-order valence-corrected chi connectivity index (χ1v) is 15.7. The van der Waals surface area contributed by atoms with E-state index in [1.165, 1.54) is 8.99 Å². The van der Waals surface area contributed by atoms with Gasteiger partial charge in [0.2, 0.25) is 15.8 Å². The number of sulfonamides is 1. The van der Waals surface area contributed by atoms with Crippen LogP contribution in [0.2, 0.25) is 5.02 Å². The van der Waals surface area contributed by atoms with Gasteiger partial charge in [-0.3, -0.25) is 4.79 Å². The van der Waals surface area contributed by atoms with E-state index in [0.29, 0.717) is 58.9 Å². The Kier molecular flexibility index (Phi) is 7.54. The molecule has 0 N–H and O–H groups in total. The molecule has 0 unspecified atom stereocenters. The summed E-state index contributed by atoms with van der Waals surface area (Å²) >= 11 is 6.16. The molecule has 2 aromatic heterocycles. The van der Waals surface area contributed by atoms with Gasteiger partial charge in [-0.2, -0.15) is 19.1 Å². The highest BCUT2D eigenvalue weighted by atomic mass is 35.5. The first kappa shape index (κ1) is 28.4. The van der Waals surface area contributed by atoms with Crippen molar-refractivity contribution in [3.8, 4) is 22.9 Å². The molecule has 6 rings (SSSR count). The lowest BCUT2D eigenvalue weighted by molar-refractivity contribution is 0.242. The van der Waals surface area contributed by atoms with Crippen LogP contribution in [0, 0.1) is 12.3 Å². The van der Waals surface area contributed by atoms with Crippen LogP contribution in [0.5, 0.6) is 5.75 Å². The number of nitrogens with zero attached hydrogens (tertiary/aromatic N) is 6. The largest absolute Gasteiger partial charge is 0.486 e. The maximum Gasteiger partial charge on any atom is 0.316 e. The highest BCUT2D eigenvalue weighted by Gasteiger charge is 2.39. The average molecular weight is 611 g/mol. The van der Waals surface area contributed by atoms with Crippen LogP contribution in [0.3, 0.4) is 0 Å². The predicted octanol–water partition coefficient (Wildman–Crippen LogP) is 4.08. The van der Waals surface area contributed by atoms with Gasteiger partial charge in [0, 0.05) is 42.2 Å². The highest BCUT2D eigenvalue weighted by Crippen LogP contribution is 2.45. The van der Waals surface area contributed by atoms with Crippen molar-refractivity contribution in [2.75, 3.05) is 37.7 Å². The van der Waals surface area contributed by atoms with Crippen molar-refractivity contribution in [2.45, 2.75) is 32.4 Å². The number of benzene rings is 2. The zero-order valence-corrected chi connectivity index (χ0v) is 24.9. The second-order valence-electron chi connectivity index (χ2n) is 11.1. The van der Waals surface area contributed by atoms with E-state index in [9.17, 15) is 13.2 Å². The number of hydrogen-bond donors (Lipinski definition) is 0. The maximum atomic E-state index is 13.6. The highest BCUT2D eigenvalue weighted by molar-refractivity contribution is 7.88. The van der Waals surface area contributed by atoms with Crippen molar-refractivity contribution in [2.24, 2.45) is 5.41 Å². The molecule has 13 heteroatoms. The minimum absolute atomic E-state index is 0.0558. The molecule has 1 saturated heterocycles. The second kappa shape index (κ2) is 11.2. The van der Waals surface area contributed by atoms with E-state index in [0.717, 1.165) is 12.8 Å². The zero-order chi connectivity index (χ0) is 29.5. The molecule has 2 fully saturated rings. The molecule has 3 heterocycles. The molecule has 1 aliphatic heterocycles. The van der Waals surface area contributed by atoms with Crippen molar-refractivity contribution in [3.63, 3.8) is 0 Å². The van der Waals surface area contributed by atoms with Gasteiger partial charge in [0.25, 0.3) is 5.89 Å². The van der Waals surface area contributed by atoms with Gasteiger partial charge in [-0.1, -0.05) is 41.9 Å². The minimum Gasteiger partial charge on any atom is -0.486 e. The lowest BCUT2D eigenvalue weighted by Crippen LogP contribution is -2.49. The van der Waals surface area contributed by atoms with Crippen molar-refractivity contribution >= 4 is 27.3 Å². The summed E-state index contributed by atoms with van der Waals surface area (Å²) in [6.07, 6.45) is 3.70. The van der Waals surface area contributed by atoms with E-state index >= 15 is 0 Å². The lowest BCUT2D eigenvalue weighted by Gasteiger charge is -2.35. The van der Waals surface area contributed by atoms with E-state index in [2.05, 4.69) is 22.2 Å². The lowest BCUT2D eigenvalue weighted by atomic mass is 10.1. The number of hydrogen-bond acceptors (Lipinski definition) is 9. The number of anilines is 1. The fraction of sp³-hybridized carbons (Fsp3) is 0.379. The number of ether oxygens (including phenoxy) is 1. The van der Waals surface area contributed by atoms with Crippen LogP contribution in [0.15, 0.2) is 64.0 Å². The molecule has 42 heavy (non-hydrogen) atoms. The van der Waals surface area contributed by atoms with Crippen LogP contribution in [0.4, 0.5) is 5.69 Å². The molecule has 2 aromatic carbocycles. The summed E-state index contributed by atoms with van der Waals surface area (Å²) in [4.78, 5) is 19.8. The van der Waals surface area contributed by atoms with E-state index < -0.39 is 10.0 Å². The van der Waals surface area contributed by atoms with Gasteiger partial charge in [0.1, 0.15) is 5.69 Å². The predicted molar refractivity (Wildman–Crippen MR) is 159 cm³/mol. The van der Waals surface area contributed by atoms with Crippen molar-refractivity contribution in [1.29, 1.82) is 0 Å².